The molecule has 0 unspecified atom stereocenters. The number of nitrogens with zero attached hydrogens (tertiary/aromatic N) is 2. The van der Waals surface area contributed by atoms with Crippen LogP contribution in [0.5, 0.6) is 0 Å². The Morgan fingerprint density at radius 1 is 0.969 bits per heavy atom. The predicted molar refractivity (Wildman–Crippen MR) is 130 cm³/mol. The highest BCUT2D eigenvalue weighted by atomic mass is 35.5. The van der Waals surface area contributed by atoms with E-state index < -0.39 is 0 Å². The summed E-state index contributed by atoms with van der Waals surface area (Å²) >= 11 is 6.36. The molecule has 32 heavy (non-hydrogen) atoms. The Kier molecular flexibility index (Phi) is 5.24. The lowest BCUT2D eigenvalue weighted by atomic mass is 10.0. The molecular weight excluding hydrogens is 418 g/mol. The minimum absolute atomic E-state index is 0.145. The first-order valence-electron chi connectivity index (χ1n) is 10.7. The Hall–Kier alpha value is -3.50. The molecular formula is C27H24ClN3O. The van der Waals surface area contributed by atoms with Gasteiger partial charge in [-0.2, -0.15) is 0 Å². The summed E-state index contributed by atoms with van der Waals surface area (Å²) in [7, 11) is 0. The van der Waals surface area contributed by atoms with Crippen molar-refractivity contribution in [3.8, 4) is 5.69 Å². The van der Waals surface area contributed by atoms with E-state index in [1.165, 1.54) is 0 Å². The van der Waals surface area contributed by atoms with Crippen molar-refractivity contribution in [2.24, 2.45) is 0 Å². The van der Waals surface area contributed by atoms with Crippen molar-refractivity contribution >= 4 is 23.3 Å². The average molecular weight is 442 g/mol. The van der Waals surface area contributed by atoms with Gasteiger partial charge in [-0.25, -0.2) is 4.79 Å². The predicted octanol–water partition coefficient (Wildman–Crippen LogP) is 6.88. The van der Waals surface area contributed by atoms with Gasteiger partial charge in [-0.15, -0.1) is 0 Å². The molecule has 2 heterocycles. The Morgan fingerprint density at radius 2 is 1.81 bits per heavy atom. The molecule has 2 amide bonds. The van der Waals surface area contributed by atoms with Crippen molar-refractivity contribution in [2.45, 2.75) is 26.4 Å². The monoisotopic (exact) mass is 441 g/mol. The van der Waals surface area contributed by atoms with Gasteiger partial charge >= 0.3 is 6.03 Å². The highest BCUT2D eigenvalue weighted by Gasteiger charge is 2.33. The largest absolute Gasteiger partial charge is 0.322 e. The minimum Gasteiger partial charge on any atom is -0.318 e. The molecule has 0 saturated carbocycles. The molecule has 1 aliphatic rings. The fourth-order valence-electron chi connectivity index (χ4n) is 4.42. The van der Waals surface area contributed by atoms with Crippen LogP contribution in [0.2, 0.25) is 5.02 Å². The highest BCUT2D eigenvalue weighted by Crippen LogP contribution is 2.37. The smallest absolute Gasteiger partial charge is 0.318 e. The number of nitrogens with one attached hydrogen (secondary N) is 1. The number of carbonyl (C=O) groups excluding carboxylic acids is 1. The number of carbonyl (C=O) groups is 1. The van der Waals surface area contributed by atoms with Crippen LogP contribution in [0.3, 0.4) is 0 Å². The molecule has 4 nitrogen and oxygen atoms in total. The van der Waals surface area contributed by atoms with Crippen LogP contribution in [0, 0.1) is 13.8 Å². The van der Waals surface area contributed by atoms with Gasteiger partial charge in [-0.3, -0.25) is 0 Å². The fraction of sp³-hybridized carbons (Fsp3) is 0.148. The molecule has 5 heteroatoms. The number of amides is 2. The summed E-state index contributed by atoms with van der Waals surface area (Å²) < 4.78 is 2.17. The summed E-state index contributed by atoms with van der Waals surface area (Å²) in [6.45, 7) is 4.51. The Balaban J connectivity index is 1.65. The average Bonchev–Trinajstić information content (AvgIpc) is 3.20. The lowest BCUT2D eigenvalue weighted by Crippen LogP contribution is -2.38. The number of para-hydroxylation sites is 1. The van der Waals surface area contributed by atoms with E-state index in [4.69, 9.17) is 11.6 Å². The number of fused-ring (bicyclic) bond motifs is 3. The third-order valence-electron chi connectivity index (χ3n) is 6.02. The van der Waals surface area contributed by atoms with Crippen LogP contribution in [-0.4, -0.2) is 15.5 Å². The number of hydrogen-bond donors (Lipinski definition) is 1. The van der Waals surface area contributed by atoms with Gasteiger partial charge < -0.3 is 14.8 Å². The van der Waals surface area contributed by atoms with Gasteiger partial charge in [0.15, 0.2) is 0 Å². The first-order chi connectivity index (χ1) is 15.5. The molecule has 4 aromatic rings. The van der Waals surface area contributed by atoms with Gasteiger partial charge in [0.25, 0.3) is 0 Å². The molecule has 0 bridgehead atoms. The summed E-state index contributed by atoms with van der Waals surface area (Å²) in [5.74, 6) is 0. The van der Waals surface area contributed by atoms with Gasteiger partial charge in [-0.05, 0) is 72.5 Å². The van der Waals surface area contributed by atoms with E-state index in [-0.39, 0.29) is 12.1 Å². The first-order valence-corrected chi connectivity index (χ1v) is 11.0. The normalized spacial score (nSPS) is 15.0. The number of aromatic nitrogens is 1. The second kappa shape index (κ2) is 8.21. The number of aryl methyl sites for hydroxylation is 2. The Bertz CT molecular complexity index is 1310. The number of hydrogen-bond acceptors (Lipinski definition) is 1. The van der Waals surface area contributed by atoms with E-state index >= 15 is 0 Å². The third-order valence-corrected chi connectivity index (χ3v) is 6.26. The first kappa shape index (κ1) is 20.4. The van der Waals surface area contributed by atoms with E-state index in [9.17, 15) is 4.79 Å². The number of anilines is 1. The van der Waals surface area contributed by atoms with Crippen molar-refractivity contribution < 1.29 is 4.79 Å². The summed E-state index contributed by atoms with van der Waals surface area (Å²) in [6.07, 6.45) is 2.05. The maximum atomic E-state index is 13.8. The molecule has 1 atom stereocenters. The second-order valence-corrected chi connectivity index (χ2v) is 8.70. The van der Waals surface area contributed by atoms with Crippen LogP contribution in [-0.2, 0) is 6.54 Å². The van der Waals surface area contributed by atoms with Gasteiger partial charge in [0.1, 0.15) is 0 Å². The minimum atomic E-state index is -0.291. The Labute approximate surface area is 193 Å². The van der Waals surface area contributed by atoms with Crippen LogP contribution < -0.4 is 5.32 Å². The SMILES string of the molecule is Cc1ccc(C)c(NC(=O)N2Cc3ccccc3-n3cccc3[C@@H]2c2cccc(Cl)c2)c1. The summed E-state index contributed by atoms with van der Waals surface area (Å²) in [4.78, 5) is 15.7. The number of rotatable bonds is 2. The Morgan fingerprint density at radius 3 is 2.66 bits per heavy atom. The van der Waals surface area contributed by atoms with Gasteiger partial charge in [-0.1, -0.05) is 54.1 Å². The van der Waals surface area contributed by atoms with Gasteiger partial charge in [0, 0.05) is 22.6 Å². The molecule has 0 spiro atoms. The molecule has 1 N–H and O–H groups in total. The van der Waals surface area contributed by atoms with E-state index in [0.717, 1.165) is 39.3 Å². The third kappa shape index (κ3) is 3.67. The molecule has 5 rings (SSSR count). The molecule has 1 aromatic heterocycles. The number of urea groups is 1. The second-order valence-electron chi connectivity index (χ2n) is 8.27. The molecule has 0 fully saturated rings. The van der Waals surface area contributed by atoms with Crippen molar-refractivity contribution in [1.29, 1.82) is 0 Å². The maximum absolute atomic E-state index is 13.8. The molecule has 0 saturated heterocycles. The zero-order valence-electron chi connectivity index (χ0n) is 18.0. The summed E-state index contributed by atoms with van der Waals surface area (Å²) in [5.41, 5.74) is 7.13. The topological polar surface area (TPSA) is 37.3 Å². The lowest BCUT2D eigenvalue weighted by molar-refractivity contribution is 0.194. The van der Waals surface area contributed by atoms with Crippen molar-refractivity contribution in [3.63, 3.8) is 0 Å². The van der Waals surface area contributed by atoms with Gasteiger partial charge in [0.05, 0.1) is 18.3 Å². The van der Waals surface area contributed by atoms with Gasteiger partial charge in [0.2, 0.25) is 0 Å². The van der Waals surface area contributed by atoms with E-state index in [1.807, 2.05) is 73.3 Å². The molecule has 0 radical (unpaired) electrons. The van der Waals surface area contributed by atoms with Crippen LogP contribution >= 0.6 is 11.6 Å². The van der Waals surface area contributed by atoms with Crippen LogP contribution in [0.4, 0.5) is 10.5 Å². The number of benzene rings is 3. The van der Waals surface area contributed by atoms with E-state index in [2.05, 4.69) is 40.3 Å². The zero-order valence-corrected chi connectivity index (χ0v) is 18.8. The van der Waals surface area contributed by atoms with Crippen molar-refractivity contribution in [2.75, 3.05) is 5.32 Å². The lowest BCUT2D eigenvalue weighted by Gasteiger charge is -2.31. The number of halogens is 1. The van der Waals surface area contributed by atoms with E-state index in [0.29, 0.717) is 11.6 Å². The van der Waals surface area contributed by atoms with Crippen molar-refractivity contribution in [1.82, 2.24) is 9.47 Å². The highest BCUT2D eigenvalue weighted by molar-refractivity contribution is 6.30. The van der Waals surface area contributed by atoms with Crippen LogP contribution in [0.15, 0.2) is 85.1 Å². The molecule has 0 aliphatic carbocycles. The van der Waals surface area contributed by atoms with Crippen LogP contribution in [0.1, 0.15) is 34.0 Å². The zero-order chi connectivity index (χ0) is 22.2. The quantitative estimate of drug-likeness (QED) is 0.361. The summed E-state index contributed by atoms with van der Waals surface area (Å²) in [6, 6.07) is 25.7. The molecule has 1 aliphatic heterocycles. The summed E-state index contributed by atoms with van der Waals surface area (Å²) in [5, 5.41) is 3.81. The van der Waals surface area contributed by atoms with E-state index in [1.54, 1.807) is 0 Å². The maximum Gasteiger partial charge on any atom is 0.322 e. The standard InChI is InChI=1S/C27H24ClN3O/c1-18-12-13-19(2)23(15-18)29-27(32)31-17-21-7-3-4-10-24(21)30-14-6-11-25(30)26(31)20-8-5-9-22(28)16-20/h3-16,26H,17H2,1-2H3,(H,29,32)/t26-/m0/s1. The van der Waals surface area contributed by atoms with Crippen molar-refractivity contribution in [3.05, 3.63) is 118 Å². The molecule has 160 valence electrons. The van der Waals surface area contributed by atoms with Crippen LogP contribution in [0.25, 0.3) is 5.69 Å². The molecule has 3 aromatic carbocycles. The fourth-order valence-corrected chi connectivity index (χ4v) is 4.62.